The van der Waals surface area contributed by atoms with Crippen LogP contribution < -0.4 is 0 Å². The van der Waals surface area contributed by atoms with Crippen molar-refractivity contribution in [2.75, 3.05) is 0 Å². The van der Waals surface area contributed by atoms with Crippen LogP contribution in [-0.4, -0.2) is 16.2 Å². The SMILES string of the molecule is CC(C)(Cc1cc(C(C)(C)C)ccc1O)C(=O)O. The number of hydrogen-bond acceptors (Lipinski definition) is 2. The molecule has 1 rings (SSSR count). The minimum Gasteiger partial charge on any atom is -0.508 e. The van der Waals surface area contributed by atoms with E-state index in [9.17, 15) is 9.90 Å². The Hall–Kier alpha value is -1.51. The van der Waals surface area contributed by atoms with E-state index in [0.717, 1.165) is 5.56 Å². The lowest BCUT2D eigenvalue weighted by atomic mass is 9.81. The van der Waals surface area contributed by atoms with Crippen LogP contribution in [0.25, 0.3) is 0 Å². The van der Waals surface area contributed by atoms with Crippen molar-refractivity contribution in [2.24, 2.45) is 5.41 Å². The number of carboxylic acid groups (broad SMARTS) is 1. The van der Waals surface area contributed by atoms with Crippen LogP contribution in [0.5, 0.6) is 5.75 Å². The van der Waals surface area contributed by atoms with E-state index in [-0.39, 0.29) is 11.2 Å². The zero-order valence-corrected chi connectivity index (χ0v) is 11.7. The highest BCUT2D eigenvalue weighted by atomic mass is 16.4. The summed E-state index contributed by atoms with van der Waals surface area (Å²) in [5.41, 5.74) is 0.885. The number of phenols is 1. The molecule has 3 nitrogen and oxygen atoms in total. The molecule has 0 saturated carbocycles. The van der Waals surface area contributed by atoms with Gasteiger partial charge in [-0.3, -0.25) is 4.79 Å². The van der Waals surface area contributed by atoms with Gasteiger partial charge in [-0.25, -0.2) is 0 Å². The smallest absolute Gasteiger partial charge is 0.309 e. The zero-order chi connectivity index (χ0) is 14.1. The number of hydrogen-bond donors (Lipinski definition) is 2. The van der Waals surface area contributed by atoms with E-state index in [0.29, 0.717) is 12.0 Å². The summed E-state index contributed by atoms with van der Waals surface area (Å²) in [5.74, 6) is -0.694. The fourth-order valence-electron chi connectivity index (χ4n) is 1.75. The van der Waals surface area contributed by atoms with Crippen molar-refractivity contribution >= 4 is 5.97 Å². The number of rotatable bonds is 3. The van der Waals surface area contributed by atoms with Crippen LogP contribution >= 0.6 is 0 Å². The number of carboxylic acids is 1. The lowest BCUT2D eigenvalue weighted by molar-refractivity contribution is -0.146. The summed E-state index contributed by atoms with van der Waals surface area (Å²) in [6.45, 7) is 9.60. The second kappa shape index (κ2) is 4.63. The van der Waals surface area contributed by atoms with Gasteiger partial charge in [-0.15, -0.1) is 0 Å². The molecule has 2 N–H and O–H groups in total. The molecule has 0 aliphatic heterocycles. The van der Waals surface area contributed by atoms with Crippen molar-refractivity contribution in [3.63, 3.8) is 0 Å². The lowest BCUT2D eigenvalue weighted by Gasteiger charge is -2.23. The van der Waals surface area contributed by atoms with E-state index in [4.69, 9.17) is 5.11 Å². The van der Waals surface area contributed by atoms with Gasteiger partial charge in [-0.05, 0) is 42.9 Å². The standard InChI is InChI=1S/C15H22O3/c1-14(2,3)11-6-7-12(16)10(8-11)9-15(4,5)13(17)18/h6-8,16H,9H2,1-5H3,(H,17,18). The third kappa shape index (κ3) is 3.25. The fraction of sp³-hybridized carbons (Fsp3) is 0.533. The highest BCUT2D eigenvalue weighted by molar-refractivity contribution is 5.74. The van der Waals surface area contributed by atoms with Gasteiger partial charge in [-0.1, -0.05) is 32.9 Å². The Morgan fingerprint density at radius 3 is 2.17 bits per heavy atom. The summed E-state index contributed by atoms with van der Waals surface area (Å²) in [6.07, 6.45) is 0.318. The number of benzene rings is 1. The van der Waals surface area contributed by atoms with Crippen LogP contribution in [0.4, 0.5) is 0 Å². The minimum atomic E-state index is -0.881. The van der Waals surface area contributed by atoms with Crippen molar-refractivity contribution in [2.45, 2.75) is 46.5 Å². The summed E-state index contributed by atoms with van der Waals surface area (Å²) >= 11 is 0. The van der Waals surface area contributed by atoms with Gasteiger partial charge in [0.1, 0.15) is 5.75 Å². The first-order valence-corrected chi connectivity index (χ1v) is 6.10. The van der Waals surface area contributed by atoms with Gasteiger partial charge in [0.25, 0.3) is 0 Å². The molecule has 0 atom stereocenters. The average Bonchev–Trinajstić information content (AvgIpc) is 2.19. The van der Waals surface area contributed by atoms with Crippen molar-refractivity contribution < 1.29 is 15.0 Å². The summed E-state index contributed by atoms with van der Waals surface area (Å²) in [6, 6.07) is 5.43. The van der Waals surface area contributed by atoms with Crippen molar-refractivity contribution in [3.05, 3.63) is 29.3 Å². The summed E-state index contributed by atoms with van der Waals surface area (Å²) < 4.78 is 0. The van der Waals surface area contributed by atoms with Gasteiger partial charge in [0, 0.05) is 0 Å². The average molecular weight is 250 g/mol. The Bertz CT molecular complexity index is 453. The van der Waals surface area contributed by atoms with E-state index < -0.39 is 11.4 Å². The minimum absolute atomic E-state index is 0.0180. The van der Waals surface area contributed by atoms with Gasteiger partial charge in [0.2, 0.25) is 0 Å². The van der Waals surface area contributed by atoms with Crippen LogP contribution in [0.1, 0.15) is 45.7 Å². The van der Waals surface area contributed by atoms with Crippen LogP contribution in [0.15, 0.2) is 18.2 Å². The van der Waals surface area contributed by atoms with Crippen LogP contribution in [0.3, 0.4) is 0 Å². The van der Waals surface area contributed by atoms with E-state index >= 15 is 0 Å². The summed E-state index contributed by atoms with van der Waals surface area (Å²) in [4.78, 5) is 11.1. The quantitative estimate of drug-likeness (QED) is 0.865. The molecule has 1 aromatic rings. The molecule has 0 radical (unpaired) electrons. The molecule has 100 valence electrons. The molecule has 0 aromatic heterocycles. The Labute approximate surface area is 108 Å². The number of phenolic OH excluding ortho intramolecular Hbond substituents is 1. The number of aliphatic carboxylic acids is 1. The van der Waals surface area contributed by atoms with Crippen LogP contribution in [-0.2, 0) is 16.6 Å². The normalized spacial score (nSPS) is 12.5. The largest absolute Gasteiger partial charge is 0.508 e. The van der Waals surface area contributed by atoms with E-state index in [2.05, 4.69) is 20.8 Å². The first-order valence-electron chi connectivity index (χ1n) is 6.10. The van der Waals surface area contributed by atoms with Gasteiger partial charge in [-0.2, -0.15) is 0 Å². The maximum atomic E-state index is 11.1. The third-order valence-electron chi connectivity index (χ3n) is 3.16. The molecule has 0 unspecified atom stereocenters. The molecule has 0 saturated heterocycles. The van der Waals surface area contributed by atoms with E-state index in [1.807, 2.05) is 12.1 Å². The summed E-state index contributed by atoms with van der Waals surface area (Å²) in [5, 5.41) is 19.0. The van der Waals surface area contributed by atoms with Crippen molar-refractivity contribution in [1.29, 1.82) is 0 Å². The van der Waals surface area contributed by atoms with E-state index in [1.165, 1.54) is 0 Å². The molecule has 0 bridgehead atoms. The van der Waals surface area contributed by atoms with Crippen molar-refractivity contribution in [3.8, 4) is 5.75 Å². The second-order valence-corrected chi connectivity index (χ2v) is 6.46. The molecule has 18 heavy (non-hydrogen) atoms. The maximum Gasteiger partial charge on any atom is 0.309 e. The number of aromatic hydroxyl groups is 1. The lowest BCUT2D eigenvalue weighted by Crippen LogP contribution is -2.26. The highest BCUT2D eigenvalue weighted by Gasteiger charge is 2.29. The maximum absolute atomic E-state index is 11.1. The Balaban J connectivity index is 3.14. The van der Waals surface area contributed by atoms with Gasteiger partial charge >= 0.3 is 5.97 Å². The van der Waals surface area contributed by atoms with Gasteiger partial charge < -0.3 is 10.2 Å². The number of carbonyl (C=O) groups is 1. The highest BCUT2D eigenvalue weighted by Crippen LogP contribution is 2.31. The molecule has 0 fully saturated rings. The van der Waals surface area contributed by atoms with Crippen molar-refractivity contribution in [1.82, 2.24) is 0 Å². The molecule has 0 amide bonds. The topological polar surface area (TPSA) is 57.5 Å². The first-order chi connectivity index (χ1) is 8.04. The molecular weight excluding hydrogens is 228 g/mol. The Morgan fingerprint density at radius 2 is 1.72 bits per heavy atom. The van der Waals surface area contributed by atoms with Crippen LogP contribution in [0.2, 0.25) is 0 Å². The van der Waals surface area contributed by atoms with Crippen LogP contribution in [0, 0.1) is 5.41 Å². The molecule has 0 spiro atoms. The van der Waals surface area contributed by atoms with Gasteiger partial charge in [0.15, 0.2) is 0 Å². The third-order valence-corrected chi connectivity index (χ3v) is 3.16. The predicted octanol–water partition coefficient (Wildman–Crippen LogP) is 3.34. The first kappa shape index (κ1) is 14.6. The Kier molecular flexibility index (Phi) is 3.75. The molecular formula is C15H22O3. The predicted molar refractivity (Wildman–Crippen MR) is 71.9 cm³/mol. The van der Waals surface area contributed by atoms with Gasteiger partial charge in [0.05, 0.1) is 5.41 Å². The molecule has 0 aliphatic carbocycles. The summed E-state index contributed by atoms with van der Waals surface area (Å²) in [7, 11) is 0. The van der Waals surface area contributed by atoms with E-state index in [1.54, 1.807) is 19.9 Å². The monoisotopic (exact) mass is 250 g/mol. The second-order valence-electron chi connectivity index (χ2n) is 6.46. The molecule has 1 aromatic carbocycles. The molecule has 0 heterocycles. The fourth-order valence-corrected chi connectivity index (χ4v) is 1.75. The Morgan fingerprint density at radius 1 is 1.17 bits per heavy atom. The zero-order valence-electron chi connectivity index (χ0n) is 11.7. The molecule has 0 aliphatic rings. The molecule has 3 heteroatoms.